The SMILES string of the molecule is O=C(CN(Cc1ccccc1)S(=O)(=O)c1ccccc1)NC1=NCCS1. The minimum Gasteiger partial charge on any atom is -0.304 e. The first-order valence-electron chi connectivity index (χ1n) is 8.12. The summed E-state index contributed by atoms with van der Waals surface area (Å²) in [5.74, 6) is 0.430. The van der Waals surface area contributed by atoms with Crippen molar-refractivity contribution in [1.29, 1.82) is 0 Å². The Hall–Kier alpha value is -2.16. The molecule has 26 heavy (non-hydrogen) atoms. The molecule has 2 aromatic carbocycles. The molecule has 1 heterocycles. The lowest BCUT2D eigenvalue weighted by atomic mass is 10.2. The molecule has 1 aliphatic heterocycles. The molecule has 0 aromatic heterocycles. The van der Waals surface area contributed by atoms with Gasteiger partial charge < -0.3 is 5.32 Å². The predicted molar refractivity (Wildman–Crippen MR) is 103 cm³/mol. The molecule has 0 saturated heterocycles. The lowest BCUT2D eigenvalue weighted by Crippen LogP contribution is -2.41. The number of amidine groups is 1. The highest BCUT2D eigenvalue weighted by atomic mass is 32.2. The maximum absolute atomic E-state index is 13.0. The van der Waals surface area contributed by atoms with Crippen molar-refractivity contribution in [2.75, 3.05) is 18.8 Å². The van der Waals surface area contributed by atoms with Crippen LogP contribution in [0.4, 0.5) is 0 Å². The standard InChI is InChI=1S/C18H19N3O3S2/c22-17(20-18-19-11-12-25-18)14-21(13-15-7-3-1-4-8-15)26(23,24)16-9-5-2-6-10-16/h1-10H,11-14H2,(H,19,20,22). The molecule has 1 N–H and O–H groups in total. The molecular formula is C18H19N3O3S2. The molecule has 0 bridgehead atoms. The van der Waals surface area contributed by atoms with Crippen LogP contribution in [-0.4, -0.2) is 42.6 Å². The van der Waals surface area contributed by atoms with Crippen molar-refractivity contribution < 1.29 is 13.2 Å². The molecule has 0 fully saturated rings. The Morgan fingerprint density at radius 2 is 1.73 bits per heavy atom. The van der Waals surface area contributed by atoms with E-state index in [0.29, 0.717) is 11.7 Å². The highest BCUT2D eigenvalue weighted by Gasteiger charge is 2.27. The van der Waals surface area contributed by atoms with Crippen LogP contribution in [0.15, 0.2) is 70.6 Å². The van der Waals surface area contributed by atoms with Gasteiger partial charge >= 0.3 is 0 Å². The van der Waals surface area contributed by atoms with Crippen molar-refractivity contribution in [3.63, 3.8) is 0 Å². The van der Waals surface area contributed by atoms with E-state index in [4.69, 9.17) is 0 Å². The van der Waals surface area contributed by atoms with Gasteiger partial charge in [-0.3, -0.25) is 9.79 Å². The first kappa shape index (κ1) is 18.6. The summed E-state index contributed by atoms with van der Waals surface area (Å²) in [6.07, 6.45) is 0. The number of aliphatic imine (C=N–C) groups is 1. The van der Waals surface area contributed by atoms with Crippen molar-refractivity contribution >= 4 is 32.9 Å². The van der Waals surface area contributed by atoms with E-state index < -0.39 is 15.9 Å². The summed E-state index contributed by atoms with van der Waals surface area (Å²) in [5.41, 5.74) is 0.812. The maximum atomic E-state index is 13.0. The van der Waals surface area contributed by atoms with Crippen LogP contribution in [0.25, 0.3) is 0 Å². The molecule has 0 atom stereocenters. The monoisotopic (exact) mass is 389 g/mol. The van der Waals surface area contributed by atoms with Gasteiger partial charge in [0.05, 0.1) is 18.0 Å². The Bertz CT molecular complexity index is 884. The van der Waals surface area contributed by atoms with E-state index in [1.165, 1.54) is 28.2 Å². The van der Waals surface area contributed by atoms with Crippen LogP contribution in [0.3, 0.4) is 0 Å². The summed E-state index contributed by atoms with van der Waals surface area (Å²) in [6, 6.07) is 17.4. The number of nitrogens with one attached hydrogen (secondary N) is 1. The number of sulfonamides is 1. The number of hydrogen-bond donors (Lipinski definition) is 1. The Morgan fingerprint density at radius 1 is 1.08 bits per heavy atom. The van der Waals surface area contributed by atoms with Crippen molar-refractivity contribution in [1.82, 2.24) is 9.62 Å². The Labute approximate surface area is 157 Å². The zero-order chi connectivity index (χ0) is 18.4. The van der Waals surface area contributed by atoms with Crippen LogP contribution < -0.4 is 5.32 Å². The molecule has 8 heteroatoms. The fraction of sp³-hybridized carbons (Fsp3) is 0.222. The quantitative estimate of drug-likeness (QED) is 0.821. The molecule has 6 nitrogen and oxygen atoms in total. The topological polar surface area (TPSA) is 78.8 Å². The van der Waals surface area contributed by atoms with E-state index in [-0.39, 0.29) is 18.0 Å². The van der Waals surface area contributed by atoms with Gasteiger partial charge in [-0.2, -0.15) is 4.31 Å². The maximum Gasteiger partial charge on any atom is 0.243 e. The van der Waals surface area contributed by atoms with E-state index in [1.54, 1.807) is 18.2 Å². The molecule has 2 aromatic rings. The van der Waals surface area contributed by atoms with Crippen LogP contribution >= 0.6 is 11.8 Å². The van der Waals surface area contributed by atoms with Crippen LogP contribution in [0.5, 0.6) is 0 Å². The van der Waals surface area contributed by atoms with E-state index in [2.05, 4.69) is 10.3 Å². The van der Waals surface area contributed by atoms with Gasteiger partial charge in [0.15, 0.2) is 5.17 Å². The predicted octanol–water partition coefficient (Wildman–Crippen LogP) is 2.10. The molecule has 136 valence electrons. The second-order valence-electron chi connectivity index (χ2n) is 5.66. The van der Waals surface area contributed by atoms with Gasteiger partial charge in [0, 0.05) is 12.3 Å². The van der Waals surface area contributed by atoms with Crippen LogP contribution in [0, 0.1) is 0 Å². The number of carbonyl (C=O) groups is 1. The van der Waals surface area contributed by atoms with E-state index in [0.717, 1.165) is 11.3 Å². The molecule has 0 saturated carbocycles. The van der Waals surface area contributed by atoms with Gasteiger partial charge in [-0.25, -0.2) is 8.42 Å². The molecule has 1 amide bonds. The zero-order valence-electron chi connectivity index (χ0n) is 14.0. The number of rotatable bonds is 6. The summed E-state index contributed by atoms with van der Waals surface area (Å²) in [7, 11) is -3.80. The van der Waals surface area contributed by atoms with Crippen LogP contribution in [0.1, 0.15) is 5.56 Å². The summed E-state index contributed by atoms with van der Waals surface area (Å²) in [6.45, 7) is 0.507. The largest absolute Gasteiger partial charge is 0.304 e. The second-order valence-corrected chi connectivity index (χ2v) is 8.68. The van der Waals surface area contributed by atoms with Gasteiger partial charge in [-0.1, -0.05) is 60.3 Å². The Morgan fingerprint density at radius 3 is 2.35 bits per heavy atom. The smallest absolute Gasteiger partial charge is 0.243 e. The van der Waals surface area contributed by atoms with Gasteiger partial charge in [-0.15, -0.1) is 0 Å². The zero-order valence-corrected chi connectivity index (χ0v) is 15.7. The van der Waals surface area contributed by atoms with E-state index >= 15 is 0 Å². The summed E-state index contributed by atoms with van der Waals surface area (Å²) >= 11 is 1.46. The molecule has 0 aliphatic carbocycles. The number of amides is 1. The van der Waals surface area contributed by atoms with Gasteiger partial charge in [0.1, 0.15) is 0 Å². The van der Waals surface area contributed by atoms with E-state index in [9.17, 15) is 13.2 Å². The third-order valence-corrected chi connectivity index (χ3v) is 6.43. The fourth-order valence-electron chi connectivity index (χ4n) is 2.48. The number of benzene rings is 2. The van der Waals surface area contributed by atoms with Crippen molar-refractivity contribution in [2.24, 2.45) is 4.99 Å². The molecule has 1 aliphatic rings. The highest BCUT2D eigenvalue weighted by molar-refractivity contribution is 8.14. The highest BCUT2D eigenvalue weighted by Crippen LogP contribution is 2.18. The molecule has 0 radical (unpaired) electrons. The summed E-state index contributed by atoms with van der Waals surface area (Å²) < 4.78 is 27.2. The van der Waals surface area contributed by atoms with Gasteiger partial charge in [0.2, 0.25) is 15.9 Å². The fourth-order valence-corrected chi connectivity index (χ4v) is 4.63. The summed E-state index contributed by atoms with van der Waals surface area (Å²) in [5, 5.41) is 3.23. The first-order valence-corrected chi connectivity index (χ1v) is 10.5. The number of thioether (sulfide) groups is 1. The Kier molecular flexibility index (Phi) is 6.08. The van der Waals surface area contributed by atoms with E-state index in [1.807, 2.05) is 30.3 Å². The van der Waals surface area contributed by atoms with Crippen LogP contribution in [0.2, 0.25) is 0 Å². The van der Waals surface area contributed by atoms with Crippen molar-refractivity contribution in [3.05, 3.63) is 66.2 Å². The first-order chi connectivity index (χ1) is 12.6. The van der Waals surface area contributed by atoms with Crippen molar-refractivity contribution in [2.45, 2.75) is 11.4 Å². The van der Waals surface area contributed by atoms with Crippen LogP contribution in [-0.2, 0) is 21.4 Å². The molecule has 0 unspecified atom stereocenters. The number of nitrogens with zero attached hydrogens (tertiary/aromatic N) is 2. The van der Waals surface area contributed by atoms with Gasteiger partial charge in [0.25, 0.3) is 0 Å². The Balaban J connectivity index is 1.82. The number of carbonyl (C=O) groups excluding carboxylic acids is 1. The second kappa shape index (κ2) is 8.48. The third-order valence-electron chi connectivity index (χ3n) is 3.73. The van der Waals surface area contributed by atoms with Gasteiger partial charge in [-0.05, 0) is 17.7 Å². The average molecular weight is 390 g/mol. The normalized spacial score (nSPS) is 14.3. The lowest BCUT2D eigenvalue weighted by molar-refractivity contribution is -0.119. The third kappa shape index (κ3) is 4.72. The minimum atomic E-state index is -3.80. The van der Waals surface area contributed by atoms with Crippen molar-refractivity contribution in [3.8, 4) is 0 Å². The lowest BCUT2D eigenvalue weighted by Gasteiger charge is -2.22. The average Bonchev–Trinajstić information content (AvgIpc) is 3.15. The molecular weight excluding hydrogens is 370 g/mol. The molecule has 3 rings (SSSR count). The summed E-state index contributed by atoms with van der Waals surface area (Å²) in [4.78, 5) is 16.7. The number of hydrogen-bond acceptors (Lipinski definition) is 5. The molecule has 0 spiro atoms. The minimum absolute atomic E-state index is 0.116.